The van der Waals surface area contributed by atoms with Crippen LogP contribution in [0, 0.1) is 0 Å². The Hall–Kier alpha value is -1.11. The van der Waals surface area contributed by atoms with E-state index in [1.165, 1.54) is 0 Å². The molecule has 1 aromatic heterocycles. The molecule has 0 bridgehead atoms. The van der Waals surface area contributed by atoms with Crippen molar-refractivity contribution in [1.29, 1.82) is 0 Å². The highest BCUT2D eigenvalue weighted by Gasteiger charge is 2.27. The fourth-order valence-corrected chi connectivity index (χ4v) is 2.61. The van der Waals surface area contributed by atoms with Gasteiger partial charge >= 0.3 is 6.01 Å². The summed E-state index contributed by atoms with van der Waals surface area (Å²) in [5.74, 6) is 0.759. The molecule has 0 saturated carbocycles. The van der Waals surface area contributed by atoms with E-state index in [1.54, 1.807) is 20.4 Å². The Balaban J connectivity index is 2.02. The van der Waals surface area contributed by atoms with E-state index >= 15 is 0 Å². The zero-order valence-corrected chi connectivity index (χ0v) is 12.7. The Kier molecular flexibility index (Phi) is 5.82. The van der Waals surface area contributed by atoms with Crippen molar-refractivity contribution in [3.63, 3.8) is 0 Å². The van der Waals surface area contributed by atoms with E-state index in [2.05, 4.69) is 20.2 Å². The maximum absolute atomic E-state index is 6.22. The maximum Gasteiger partial charge on any atom is 0.318 e. The van der Waals surface area contributed by atoms with Gasteiger partial charge in [-0.3, -0.25) is 0 Å². The number of ether oxygens (including phenoxy) is 2. The number of hydrogen-bond donors (Lipinski definition) is 1. The number of nitrogens with one attached hydrogen (secondary N) is 1. The number of nitrogens with zero attached hydrogens (tertiary/aromatic N) is 3. The molecule has 1 aliphatic rings. The van der Waals surface area contributed by atoms with Crippen LogP contribution in [0.25, 0.3) is 0 Å². The molecule has 0 aromatic carbocycles. The summed E-state index contributed by atoms with van der Waals surface area (Å²) in [6, 6.07) is 0.742. The first-order chi connectivity index (χ1) is 9.76. The average Bonchev–Trinajstić information content (AvgIpc) is 2.92. The molecule has 0 amide bonds. The lowest BCUT2D eigenvalue weighted by Gasteiger charge is -2.26. The van der Waals surface area contributed by atoms with Crippen LogP contribution in [0.4, 0.5) is 5.82 Å². The highest BCUT2D eigenvalue weighted by atomic mass is 35.5. The van der Waals surface area contributed by atoms with Gasteiger partial charge in [-0.05, 0) is 12.8 Å². The Morgan fingerprint density at radius 1 is 1.50 bits per heavy atom. The fourth-order valence-electron chi connectivity index (χ4n) is 2.41. The Labute approximate surface area is 124 Å². The van der Waals surface area contributed by atoms with Gasteiger partial charge in [0.25, 0.3) is 0 Å². The van der Waals surface area contributed by atoms with Crippen LogP contribution >= 0.6 is 11.6 Å². The second-order valence-corrected chi connectivity index (χ2v) is 5.12. The number of hydrogen-bond acceptors (Lipinski definition) is 6. The molecule has 1 saturated heterocycles. The number of aromatic nitrogens is 2. The van der Waals surface area contributed by atoms with E-state index in [0.717, 1.165) is 44.9 Å². The molecule has 0 aliphatic carbocycles. The van der Waals surface area contributed by atoms with E-state index in [9.17, 15) is 0 Å². The van der Waals surface area contributed by atoms with Gasteiger partial charge in [0.15, 0.2) is 5.82 Å². The summed E-state index contributed by atoms with van der Waals surface area (Å²) in [7, 11) is 3.26. The van der Waals surface area contributed by atoms with Crippen molar-refractivity contribution >= 4 is 17.4 Å². The first-order valence-electron chi connectivity index (χ1n) is 6.79. The summed E-state index contributed by atoms with van der Waals surface area (Å²) >= 11 is 6.22. The maximum atomic E-state index is 6.22. The van der Waals surface area contributed by atoms with E-state index in [1.807, 2.05) is 0 Å². The van der Waals surface area contributed by atoms with Gasteiger partial charge in [0.05, 0.1) is 19.9 Å². The lowest BCUT2D eigenvalue weighted by molar-refractivity contribution is 0.199. The molecule has 1 aliphatic heterocycles. The van der Waals surface area contributed by atoms with E-state index in [4.69, 9.17) is 21.1 Å². The molecular weight excluding hydrogens is 280 g/mol. The van der Waals surface area contributed by atoms with Crippen molar-refractivity contribution in [2.45, 2.75) is 18.9 Å². The molecular formula is C13H21ClN4O2. The predicted octanol–water partition coefficient (Wildman–Crippen LogP) is 1.34. The zero-order valence-electron chi connectivity index (χ0n) is 11.9. The Morgan fingerprint density at radius 2 is 2.35 bits per heavy atom. The van der Waals surface area contributed by atoms with Gasteiger partial charge < -0.3 is 19.7 Å². The first-order valence-corrected chi connectivity index (χ1v) is 7.17. The van der Waals surface area contributed by atoms with Crippen molar-refractivity contribution in [1.82, 2.24) is 15.3 Å². The lowest BCUT2D eigenvalue weighted by Crippen LogP contribution is -2.39. The van der Waals surface area contributed by atoms with Crippen molar-refractivity contribution in [3.05, 3.63) is 11.2 Å². The van der Waals surface area contributed by atoms with Crippen LogP contribution in [0.1, 0.15) is 12.8 Å². The minimum Gasteiger partial charge on any atom is -0.467 e. The topological polar surface area (TPSA) is 59.5 Å². The minimum absolute atomic E-state index is 0.349. The molecule has 7 heteroatoms. The number of anilines is 1. The van der Waals surface area contributed by atoms with Crippen LogP contribution in [-0.2, 0) is 4.74 Å². The van der Waals surface area contributed by atoms with Crippen LogP contribution in [0.15, 0.2) is 6.20 Å². The smallest absolute Gasteiger partial charge is 0.318 e. The molecule has 2 heterocycles. The van der Waals surface area contributed by atoms with Crippen LogP contribution in [0.5, 0.6) is 6.01 Å². The average molecular weight is 301 g/mol. The predicted molar refractivity (Wildman–Crippen MR) is 78.7 cm³/mol. The highest BCUT2D eigenvalue weighted by molar-refractivity contribution is 6.32. The van der Waals surface area contributed by atoms with Gasteiger partial charge in [0.1, 0.15) is 5.02 Å². The lowest BCUT2D eigenvalue weighted by atomic mass is 10.2. The molecule has 1 fully saturated rings. The van der Waals surface area contributed by atoms with Crippen molar-refractivity contribution in [2.75, 3.05) is 45.4 Å². The Bertz CT molecular complexity index is 433. The SMILES string of the molecule is COCCNCC1CCCN1c1nc(OC)ncc1Cl. The largest absolute Gasteiger partial charge is 0.467 e. The van der Waals surface area contributed by atoms with Gasteiger partial charge in [0.2, 0.25) is 0 Å². The number of halogens is 1. The summed E-state index contributed by atoms with van der Waals surface area (Å²) < 4.78 is 10.1. The van der Waals surface area contributed by atoms with Crippen molar-refractivity contribution in [2.24, 2.45) is 0 Å². The molecule has 2 rings (SSSR count). The third-order valence-corrected chi connectivity index (χ3v) is 3.66. The van der Waals surface area contributed by atoms with Crippen molar-refractivity contribution in [3.8, 4) is 6.01 Å². The third-order valence-electron chi connectivity index (χ3n) is 3.40. The fraction of sp³-hybridized carbons (Fsp3) is 0.692. The Morgan fingerprint density at radius 3 is 3.10 bits per heavy atom. The molecule has 112 valence electrons. The van der Waals surface area contributed by atoms with E-state index < -0.39 is 0 Å². The first kappa shape index (κ1) is 15.3. The highest BCUT2D eigenvalue weighted by Crippen LogP contribution is 2.30. The molecule has 6 nitrogen and oxygen atoms in total. The molecule has 1 N–H and O–H groups in total. The van der Waals surface area contributed by atoms with Gasteiger partial charge in [-0.1, -0.05) is 11.6 Å². The second-order valence-electron chi connectivity index (χ2n) is 4.71. The quantitative estimate of drug-likeness (QED) is 0.767. The van der Waals surface area contributed by atoms with Gasteiger partial charge in [-0.25, -0.2) is 4.98 Å². The van der Waals surface area contributed by atoms with E-state index in [-0.39, 0.29) is 0 Å². The van der Waals surface area contributed by atoms with Gasteiger partial charge in [0, 0.05) is 32.8 Å². The number of rotatable bonds is 7. The molecule has 1 unspecified atom stereocenters. The monoisotopic (exact) mass is 300 g/mol. The summed E-state index contributed by atoms with van der Waals surface area (Å²) in [6.07, 6.45) is 3.86. The third kappa shape index (κ3) is 3.71. The molecule has 1 aromatic rings. The summed E-state index contributed by atoms with van der Waals surface area (Å²) in [4.78, 5) is 10.6. The normalized spacial score (nSPS) is 18.6. The summed E-state index contributed by atoms with van der Waals surface area (Å²) in [5, 5.41) is 3.96. The van der Waals surface area contributed by atoms with E-state index in [0.29, 0.717) is 17.1 Å². The standard InChI is InChI=1S/C13H21ClN4O2/c1-19-7-5-15-8-10-4-3-6-18(10)12-11(14)9-16-13(17-12)20-2/h9-10,15H,3-8H2,1-2H3. The second kappa shape index (κ2) is 7.61. The zero-order chi connectivity index (χ0) is 14.4. The minimum atomic E-state index is 0.349. The summed E-state index contributed by atoms with van der Waals surface area (Å²) in [6.45, 7) is 3.42. The van der Waals surface area contributed by atoms with Gasteiger partial charge in [-0.2, -0.15) is 4.98 Å². The van der Waals surface area contributed by atoms with Crippen LogP contribution in [0.2, 0.25) is 5.02 Å². The summed E-state index contributed by atoms with van der Waals surface area (Å²) in [5.41, 5.74) is 0. The number of methoxy groups -OCH3 is 2. The molecule has 0 radical (unpaired) electrons. The van der Waals surface area contributed by atoms with Crippen LogP contribution in [-0.4, -0.2) is 56.5 Å². The van der Waals surface area contributed by atoms with Crippen LogP contribution < -0.4 is 15.0 Å². The van der Waals surface area contributed by atoms with Gasteiger partial charge in [-0.15, -0.1) is 0 Å². The molecule has 20 heavy (non-hydrogen) atoms. The van der Waals surface area contributed by atoms with Crippen LogP contribution in [0.3, 0.4) is 0 Å². The molecule has 0 spiro atoms. The van der Waals surface area contributed by atoms with Crippen molar-refractivity contribution < 1.29 is 9.47 Å². The molecule has 1 atom stereocenters.